The minimum Gasteiger partial charge on any atom is -0.345 e. The molecular formula is C25H29BrN2O. The predicted molar refractivity (Wildman–Crippen MR) is 123 cm³/mol. The van der Waals surface area contributed by atoms with Gasteiger partial charge in [0.1, 0.15) is 0 Å². The number of unbranched alkanes of at least 4 members (excludes halogenated alkanes) is 1. The second-order valence-corrected chi connectivity index (χ2v) is 8.30. The third-order valence-corrected chi connectivity index (χ3v) is 5.75. The van der Waals surface area contributed by atoms with Gasteiger partial charge >= 0.3 is 0 Å². The van der Waals surface area contributed by atoms with E-state index in [9.17, 15) is 4.79 Å². The largest absolute Gasteiger partial charge is 0.345 e. The van der Waals surface area contributed by atoms with Gasteiger partial charge in [-0.15, -0.1) is 0 Å². The van der Waals surface area contributed by atoms with E-state index >= 15 is 0 Å². The van der Waals surface area contributed by atoms with Crippen LogP contribution in [0, 0.1) is 0 Å². The molecule has 0 spiro atoms. The molecule has 29 heavy (non-hydrogen) atoms. The number of aryl methyl sites for hydroxylation is 1. The maximum Gasteiger partial charge on any atom is 0.254 e. The van der Waals surface area contributed by atoms with E-state index in [-0.39, 0.29) is 5.91 Å². The molecule has 0 N–H and O–H groups in total. The van der Waals surface area contributed by atoms with E-state index in [0.29, 0.717) is 6.54 Å². The molecule has 0 aliphatic heterocycles. The lowest BCUT2D eigenvalue weighted by molar-refractivity contribution is 0.0737. The number of carbonyl (C=O) groups is 1. The summed E-state index contributed by atoms with van der Waals surface area (Å²) in [5.41, 5.74) is 4.42. The highest BCUT2D eigenvalue weighted by Crippen LogP contribution is 2.16. The molecule has 1 heterocycles. The van der Waals surface area contributed by atoms with Gasteiger partial charge in [0.25, 0.3) is 5.91 Å². The van der Waals surface area contributed by atoms with Gasteiger partial charge in [0.05, 0.1) is 6.54 Å². The minimum atomic E-state index is 0.109. The van der Waals surface area contributed by atoms with Gasteiger partial charge in [-0.3, -0.25) is 4.79 Å². The maximum absolute atomic E-state index is 13.2. The summed E-state index contributed by atoms with van der Waals surface area (Å²) in [6, 6.07) is 20.6. The molecule has 3 nitrogen and oxygen atoms in total. The second kappa shape index (κ2) is 10.4. The molecule has 4 heteroatoms. The molecule has 152 valence electrons. The SMILES string of the molecule is CCCCN(Cc1cccn1Cc1ccc(Br)cc1)C(=O)c1ccc(CC)cc1. The zero-order valence-corrected chi connectivity index (χ0v) is 18.9. The summed E-state index contributed by atoms with van der Waals surface area (Å²) in [6.45, 7) is 6.49. The molecule has 0 saturated heterocycles. The molecule has 2 aromatic carbocycles. The summed E-state index contributed by atoms with van der Waals surface area (Å²) >= 11 is 3.49. The molecule has 3 aromatic rings. The van der Waals surface area contributed by atoms with E-state index < -0.39 is 0 Å². The zero-order chi connectivity index (χ0) is 20.6. The number of amides is 1. The molecule has 0 aliphatic rings. The first-order valence-electron chi connectivity index (χ1n) is 10.4. The predicted octanol–water partition coefficient (Wildman–Crippen LogP) is 6.30. The van der Waals surface area contributed by atoms with Crippen LogP contribution >= 0.6 is 15.9 Å². The highest BCUT2D eigenvalue weighted by atomic mass is 79.9. The van der Waals surface area contributed by atoms with Crippen LogP contribution in [0.4, 0.5) is 0 Å². The van der Waals surface area contributed by atoms with Gasteiger partial charge in [0, 0.05) is 35.0 Å². The van der Waals surface area contributed by atoms with E-state index in [2.05, 4.69) is 89.1 Å². The Hall–Kier alpha value is -2.33. The molecular weight excluding hydrogens is 424 g/mol. The topological polar surface area (TPSA) is 25.2 Å². The van der Waals surface area contributed by atoms with Gasteiger partial charge in [-0.25, -0.2) is 0 Å². The van der Waals surface area contributed by atoms with Gasteiger partial charge in [-0.1, -0.05) is 60.5 Å². The first kappa shape index (κ1) is 21.4. The molecule has 0 fully saturated rings. The van der Waals surface area contributed by atoms with Crippen molar-refractivity contribution in [1.82, 2.24) is 9.47 Å². The van der Waals surface area contributed by atoms with Gasteiger partial charge < -0.3 is 9.47 Å². The molecule has 0 saturated carbocycles. The molecule has 0 aliphatic carbocycles. The van der Waals surface area contributed by atoms with Gasteiger partial charge in [0.15, 0.2) is 0 Å². The number of halogens is 1. The Balaban J connectivity index is 1.77. The summed E-state index contributed by atoms with van der Waals surface area (Å²) in [7, 11) is 0. The van der Waals surface area contributed by atoms with Gasteiger partial charge in [-0.2, -0.15) is 0 Å². The van der Waals surface area contributed by atoms with Crippen molar-refractivity contribution in [2.75, 3.05) is 6.54 Å². The smallest absolute Gasteiger partial charge is 0.254 e. The average Bonchev–Trinajstić information content (AvgIpc) is 3.18. The number of nitrogens with zero attached hydrogens (tertiary/aromatic N) is 2. The van der Waals surface area contributed by atoms with E-state index in [1.807, 2.05) is 17.0 Å². The fourth-order valence-corrected chi connectivity index (χ4v) is 3.66. The van der Waals surface area contributed by atoms with Crippen molar-refractivity contribution in [3.05, 3.63) is 93.7 Å². The van der Waals surface area contributed by atoms with E-state index in [4.69, 9.17) is 0 Å². The molecule has 3 rings (SSSR count). The summed E-state index contributed by atoms with van der Waals surface area (Å²) in [6.07, 6.45) is 5.15. The quantitative estimate of drug-likeness (QED) is 0.373. The maximum atomic E-state index is 13.2. The van der Waals surface area contributed by atoms with Crippen molar-refractivity contribution in [3.63, 3.8) is 0 Å². The van der Waals surface area contributed by atoms with Crippen molar-refractivity contribution >= 4 is 21.8 Å². The van der Waals surface area contributed by atoms with Crippen molar-refractivity contribution in [1.29, 1.82) is 0 Å². The Kier molecular flexibility index (Phi) is 7.70. The van der Waals surface area contributed by atoms with Crippen LogP contribution in [0.25, 0.3) is 0 Å². The summed E-state index contributed by atoms with van der Waals surface area (Å²) in [5, 5.41) is 0. The average molecular weight is 453 g/mol. The lowest BCUT2D eigenvalue weighted by Crippen LogP contribution is -2.32. The monoisotopic (exact) mass is 452 g/mol. The third kappa shape index (κ3) is 5.83. The Morgan fingerprint density at radius 1 is 0.966 bits per heavy atom. The van der Waals surface area contributed by atoms with Crippen molar-refractivity contribution in [2.24, 2.45) is 0 Å². The number of aromatic nitrogens is 1. The molecule has 0 bridgehead atoms. The standard InChI is InChI=1S/C25H29BrN2O/c1-3-5-16-28(25(29)22-12-8-20(4-2)9-13-22)19-24-7-6-17-27(24)18-21-10-14-23(26)15-11-21/h6-15,17H,3-5,16,18-19H2,1-2H3. The van der Waals surface area contributed by atoms with Crippen LogP contribution in [0.5, 0.6) is 0 Å². The Morgan fingerprint density at radius 3 is 2.31 bits per heavy atom. The van der Waals surface area contributed by atoms with Crippen molar-refractivity contribution in [3.8, 4) is 0 Å². The van der Waals surface area contributed by atoms with E-state index in [0.717, 1.165) is 48.1 Å². The fraction of sp³-hybridized carbons (Fsp3) is 0.320. The number of rotatable bonds is 9. The first-order valence-corrected chi connectivity index (χ1v) is 11.2. The van der Waals surface area contributed by atoms with Crippen LogP contribution in [0.2, 0.25) is 0 Å². The molecule has 0 atom stereocenters. The van der Waals surface area contributed by atoms with Crippen LogP contribution in [0.15, 0.2) is 71.3 Å². The number of hydrogen-bond donors (Lipinski definition) is 0. The first-order chi connectivity index (χ1) is 14.1. The van der Waals surface area contributed by atoms with Crippen LogP contribution < -0.4 is 0 Å². The number of hydrogen-bond acceptors (Lipinski definition) is 1. The summed E-state index contributed by atoms with van der Waals surface area (Å²) < 4.78 is 3.31. The minimum absolute atomic E-state index is 0.109. The molecule has 0 unspecified atom stereocenters. The van der Waals surface area contributed by atoms with Crippen LogP contribution in [0.1, 0.15) is 53.9 Å². The third-order valence-electron chi connectivity index (χ3n) is 5.22. The van der Waals surface area contributed by atoms with E-state index in [1.165, 1.54) is 11.1 Å². The van der Waals surface area contributed by atoms with Crippen LogP contribution in [-0.4, -0.2) is 21.9 Å². The number of benzene rings is 2. The zero-order valence-electron chi connectivity index (χ0n) is 17.3. The number of carbonyl (C=O) groups excluding carboxylic acids is 1. The Labute approximate surface area is 182 Å². The fourth-order valence-electron chi connectivity index (χ4n) is 3.40. The summed E-state index contributed by atoms with van der Waals surface area (Å²) in [4.78, 5) is 15.2. The normalized spacial score (nSPS) is 10.9. The molecule has 1 aromatic heterocycles. The Bertz CT molecular complexity index is 913. The van der Waals surface area contributed by atoms with Crippen molar-refractivity contribution in [2.45, 2.75) is 46.2 Å². The van der Waals surface area contributed by atoms with Crippen molar-refractivity contribution < 1.29 is 4.79 Å². The molecule has 0 radical (unpaired) electrons. The highest BCUT2D eigenvalue weighted by Gasteiger charge is 2.17. The summed E-state index contributed by atoms with van der Waals surface area (Å²) in [5.74, 6) is 0.109. The van der Waals surface area contributed by atoms with Gasteiger partial charge in [0.2, 0.25) is 0 Å². The lowest BCUT2D eigenvalue weighted by atomic mass is 10.1. The van der Waals surface area contributed by atoms with Gasteiger partial charge in [-0.05, 0) is 60.4 Å². The molecule has 1 amide bonds. The van der Waals surface area contributed by atoms with Crippen LogP contribution in [0.3, 0.4) is 0 Å². The lowest BCUT2D eigenvalue weighted by Gasteiger charge is -2.24. The Morgan fingerprint density at radius 2 is 1.66 bits per heavy atom. The van der Waals surface area contributed by atoms with E-state index in [1.54, 1.807) is 0 Å². The van der Waals surface area contributed by atoms with Crippen LogP contribution in [-0.2, 0) is 19.5 Å². The second-order valence-electron chi connectivity index (χ2n) is 7.38. The highest BCUT2D eigenvalue weighted by molar-refractivity contribution is 9.10.